The number of nitrogens with zero attached hydrogens (tertiary/aromatic N) is 1. The maximum absolute atomic E-state index is 12.7. The van der Waals surface area contributed by atoms with Crippen LogP contribution in [0.4, 0.5) is 0 Å². The maximum atomic E-state index is 12.7. The first kappa shape index (κ1) is 18.2. The molecule has 2 aromatic rings. The van der Waals surface area contributed by atoms with Crippen molar-refractivity contribution in [1.82, 2.24) is 4.90 Å². The van der Waals surface area contributed by atoms with Crippen LogP contribution in [0.2, 0.25) is 0 Å². The molecule has 0 unspecified atom stereocenters. The summed E-state index contributed by atoms with van der Waals surface area (Å²) in [4.78, 5) is 25.6. The molecule has 2 amide bonds. The molecule has 0 aliphatic carbocycles. The fraction of sp³-hybridized carbons (Fsp3) is 0.364. The number of likely N-dealkylation sites (tertiary alicyclic amines) is 1. The van der Waals surface area contributed by atoms with Gasteiger partial charge in [-0.05, 0) is 30.4 Å². The second-order valence-electron chi connectivity index (χ2n) is 7.05. The van der Waals surface area contributed by atoms with Crippen LogP contribution in [0.5, 0.6) is 0 Å². The summed E-state index contributed by atoms with van der Waals surface area (Å²) >= 11 is 0. The molecule has 1 heterocycles. The van der Waals surface area contributed by atoms with E-state index in [1.165, 1.54) is 11.1 Å². The molecule has 2 aromatic carbocycles. The Kier molecular flexibility index (Phi) is 5.71. The van der Waals surface area contributed by atoms with Crippen LogP contribution in [0, 0.1) is 0 Å². The number of amides is 2. The van der Waals surface area contributed by atoms with Crippen molar-refractivity contribution in [2.24, 2.45) is 5.73 Å². The van der Waals surface area contributed by atoms with Gasteiger partial charge in [-0.15, -0.1) is 0 Å². The van der Waals surface area contributed by atoms with Crippen LogP contribution in [0.3, 0.4) is 0 Å². The molecule has 4 nitrogen and oxygen atoms in total. The summed E-state index contributed by atoms with van der Waals surface area (Å²) in [6.07, 6.45) is 3.15. The van der Waals surface area contributed by atoms with Gasteiger partial charge in [-0.25, -0.2) is 0 Å². The van der Waals surface area contributed by atoms with Gasteiger partial charge in [-0.1, -0.05) is 60.7 Å². The zero-order valence-electron chi connectivity index (χ0n) is 15.1. The fourth-order valence-corrected chi connectivity index (χ4v) is 3.99. The van der Waals surface area contributed by atoms with Gasteiger partial charge in [0.2, 0.25) is 11.8 Å². The molecular weight excluding hydrogens is 324 g/mol. The second kappa shape index (κ2) is 8.17. The van der Waals surface area contributed by atoms with Crippen LogP contribution >= 0.6 is 0 Å². The molecule has 2 N–H and O–H groups in total. The Morgan fingerprint density at radius 3 is 2.04 bits per heavy atom. The summed E-state index contributed by atoms with van der Waals surface area (Å²) in [6.45, 7) is 1.45. The van der Waals surface area contributed by atoms with Crippen molar-refractivity contribution in [2.75, 3.05) is 13.1 Å². The zero-order valence-corrected chi connectivity index (χ0v) is 15.1. The largest absolute Gasteiger partial charge is 0.370 e. The summed E-state index contributed by atoms with van der Waals surface area (Å²) in [5, 5.41) is 0. The molecule has 0 radical (unpaired) electrons. The van der Waals surface area contributed by atoms with Crippen molar-refractivity contribution in [3.63, 3.8) is 0 Å². The van der Waals surface area contributed by atoms with Gasteiger partial charge in [0.05, 0.1) is 0 Å². The minimum absolute atomic E-state index is 0.113. The monoisotopic (exact) mass is 350 g/mol. The van der Waals surface area contributed by atoms with Crippen molar-refractivity contribution in [3.05, 3.63) is 71.8 Å². The SMILES string of the molecule is NC(=O)CCCC(=O)N1CCCC(c2ccccc2)(c2ccccc2)C1. The maximum Gasteiger partial charge on any atom is 0.222 e. The molecule has 0 saturated carbocycles. The number of piperidine rings is 1. The third kappa shape index (κ3) is 3.96. The van der Waals surface area contributed by atoms with Crippen molar-refractivity contribution in [1.29, 1.82) is 0 Å². The van der Waals surface area contributed by atoms with Gasteiger partial charge in [0, 0.05) is 31.3 Å². The number of primary amides is 1. The average molecular weight is 350 g/mol. The molecule has 0 aromatic heterocycles. The summed E-state index contributed by atoms with van der Waals surface area (Å²) in [5.74, 6) is -0.235. The quantitative estimate of drug-likeness (QED) is 0.869. The Balaban J connectivity index is 1.86. The van der Waals surface area contributed by atoms with Crippen LogP contribution in [0.25, 0.3) is 0 Å². The van der Waals surface area contributed by atoms with Gasteiger partial charge in [0.1, 0.15) is 0 Å². The highest BCUT2D eigenvalue weighted by atomic mass is 16.2. The van der Waals surface area contributed by atoms with E-state index < -0.39 is 0 Å². The molecule has 1 fully saturated rings. The number of carbonyl (C=O) groups excluding carboxylic acids is 2. The van der Waals surface area contributed by atoms with Crippen molar-refractivity contribution < 1.29 is 9.59 Å². The van der Waals surface area contributed by atoms with E-state index in [2.05, 4.69) is 48.5 Å². The van der Waals surface area contributed by atoms with E-state index in [-0.39, 0.29) is 23.7 Å². The number of benzene rings is 2. The van der Waals surface area contributed by atoms with E-state index in [0.29, 0.717) is 19.4 Å². The number of hydrogen-bond acceptors (Lipinski definition) is 2. The lowest BCUT2D eigenvalue weighted by molar-refractivity contribution is -0.133. The lowest BCUT2D eigenvalue weighted by Crippen LogP contribution is -2.49. The summed E-state index contributed by atoms with van der Waals surface area (Å²) in [6, 6.07) is 20.9. The fourth-order valence-electron chi connectivity index (χ4n) is 3.99. The van der Waals surface area contributed by atoms with Gasteiger partial charge in [-0.2, -0.15) is 0 Å². The van der Waals surface area contributed by atoms with Gasteiger partial charge in [0.15, 0.2) is 0 Å². The van der Waals surface area contributed by atoms with E-state index in [4.69, 9.17) is 5.73 Å². The Morgan fingerprint density at radius 2 is 1.50 bits per heavy atom. The highest BCUT2D eigenvalue weighted by Gasteiger charge is 2.39. The molecule has 3 rings (SSSR count). The van der Waals surface area contributed by atoms with Crippen LogP contribution in [0.15, 0.2) is 60.7 Å². The van der Waals surface area contributed by atoms with Gasteiger partial charge in [-0.3, -0.25) is 9.59 Å². The molecule has 1 aliphatic rings. The molecular formula is C22H26N2O2. The lowest BCUT2D eigenvalue weighted by atomic mass is 9.69. The number of carbonyl (C=O) groups is 2. The summed E-state index contributed by atoms with van der Waals surface area (Å²) < 4.78 is 0. The first-order chi connectivity index (χ1) is 12.6. The molecule has 0 spiro atoms. The molecule has 26 heavy (non-hydrogen) atoms. The highest BCUT2D eigenvalue weighted by Crippen LogP contribution is 2.40. The Labute approximate surface area is 155 Å². The van der Waals surface area contributed by atoms with Gasteiger partial charge >= 0.3 is 0 Å². The normalized spacial score (nSPS) is 16.2. The Morgan fingerprint density at radius 1 is 0.923 bits per heavy atom. The Bertz CT molecular complexity index is 704. The van der Waals surface area contributed by atoms with E-state index in [9.17, 15) is 9.59 Å². The average Bonchev–Trinajstić information content (AvgIpc) is 2.69. The topological polar surface area (TPSA) is 63.4 Å². The van der Waals surface area contributed by atoms with Crippen molar-refractivity contribution >= 4 is 11.8 Å². The highest BCUT2D eigenvalue weighted by molar-refractivity contribution is 5.78. The van der Waals surface area contributed by atoms with E-state index in [1.54, 1.807) is 0 Å². The number of hydrogen-bond donors (Lipinski definition) is 1. The van der Waals surface area contributed by atoms with E-state index in [0.717, 1.165) is 19.4 Å². The van der Waals surface area contributed by atoms with Crippen LogP contribution in [0.1, 0.15) is 43.2 Å². The third-order valence-electron chi connectivity index (χ3n) is 5.31. The molecule has 0 atom stereocenters. The van der Waals surface area contributed by atoms with Gasteiger partial charge in [0.25, 0.3) is 0 Å². The van der Waals surface area contributed by atoms with Crippen molar-refractivity contribution in [3.8, 4) is 0 Å². The van der Waals surface area contributed by atoms with Crippen LogP contribution in [-0.2, 0) is 15.0 Å². The standard InChI is InChI=1S/C22H26N2O2/c23-20(25)13-7-14-21(26)24-16-8-15-22(17-24,18-9-3-1-4-10-18)19-11-5-2-6-12-19/h1-6,9-12H,7-8,13-17H2,(H2,23,25). The third-order valence-corrected chi connectivity index (χ3v) is 5.31. The summed E-state index contributed by atoms with van der Waals surface area (Å²) in [7, 11) is 0. The van der Waals surface area contributed by atoms with E-state index in [1.807, 2.05) is 17.0 Å². The first-order valence-corrected chi connectivity index (χ1v) is 9.29. The predicted octanol–water partition coefficient (Wildman–Crippen LogP) is 3.25. The minimum atomic E-state index is -0.348. The van der Waals surface area contributed by atoms with Crippen molar-refractivity contribution in [2.45, 2.75) is 37.5 Å². The molecule has 4 heteroatoms. The molecule has 1 saturated heterocycles. The molecule has 1 aliphatic heterocycles. The second-order valence-corrected chi connectivity index (χ2v) is 7.05. The first-order valence-electron chi connectivity index (χ1n) is 9.29. The van der Waals surface area contributed by atoms with Crippen LogP contribution in [-0.4, -0.2) is 29.8 Å². The van der Waals surface area contributed by atoms with Crippen LogP contribution < -0.4 is 5.73 Å². The Hall–Kier alpha value is -2.62. The van der Waals surface area contributed by atoms with Gasteiger partial charge < -0.3 is 10.6 Å². The minimum Gasteiger partial charge on any atom is -0.370 e. The number of rotatable bonds is 6. The predicted molar refractivity (Wildman–Crippen MR) is 103 cm³/mol. The molecule has 0 bridgehead atoms. The number of nitrogens with two attached hydrogens (primary N) is 1. The van der Waals surface area contributed by atoms with E-state index >= 15 is 0 Å². The lowest BCUT2D eigenvalue weighted by Gasteiger charge is -2.44. The smallest absolute Gasteiger partial charge is 0.222 e. The summed E-state index contributed by atoms with van der Waals surface area (Å²) in [5.41, 5.74) is 7.51. The molecule has 136 valence electrons. The zero-order chi connectivity index (χ0) is 18.4.